The van der Waals surface area contributed by atoms with Gasteiger partial charge in [0.2, 0.25) is 0 Å². The van der Waals surface area contributed by atoms with E-state index in [4.69, 9.17) is 10.5 Å². The predicted octanol–water partition coefficient (Wildman–Crippen LogP) is 4.63. The second-order valence-electron chi connectivity index (χ2n) is 5.64. The molecule has 0 atom stereocenters. The minimum Gasteiger partial charge on any atom is -0.342 e. The molecule has 0 fully saturated rings. The number of hydrogen-bond acceptors (Lipinski definition) is 3. The van der Waals surface area contributed by atoms with Crippen molar-refractivity contribution < 1.29 is 0 Å². The molecule has 2 aromatic heterocycles. The minimum atomic E-state index is 0.0859. The summed E-state index contributed by atoms with van der Waals surface area (Å²) in [5.41, 5.74) is 3.51. The molecule has 0 unspecified atom stereocenters. The molecule has 0 spiro atoms. The average Bonchev–Trinajstić information content (AvgIpc) is 3.03. The van der Waals surface area contributed by atoms with E-state index in [2.05, 4.69) is 33.9 Å². The van der Waals surface area contributed by atoms with Crippen molar-refractivity contribution in [1.82, 2.24) is 9.55 Å². The molecule has 3 rings (SSSR count). The Hall–Kier alpha value is -3.89. The van der Waals surface area contributed by atoms with E-state index in [0.29, 0.717) is 0 Å². The standard InChI is InChI=1S/C22H16N4/c23-13-18(14-24)7-2-1-3-9-20-17-26(16-19-8-6-12-25-15-19)22-11-5-4-10-21(20)22/h1-12,15,17H,16H2/b2-1+,9-3+. The second kappa shape index (κ2) is 8.28. The van der Waals surface area contributed by atoms with Crippen LogP contribution in [-0.4, -0.2) is 9.55 Å². The lowest BCUT2D eigenvalue weighted by atomic mass is 10.1. The SMILES string of the molecule is N#CC(C#N)=C/C=C/C=C/c1cn(Cc2cccnc2)c2ccccc12. The zero-order chi connectivity index (χ0) is 18.2. The van der Waals surface area contributed by atoms with E-state index in [1.165, 1.54) is 11.5 Å². The minimum absolute atomic E-state index is 0.0859. The van der Waals surface area contributed by atoms with Crippen molar-refractivity contribution >= 4 is 17.0 Å². The first kappa shape index (κ1) is 17.0. The first-order chi connectivity index (χ1) is 12.8. The normalized spacial score (nSPS) is 10.8. The number of nitriles is 2. The maximum Gasteiger partial charge on any atom is 0.129 e. The molecule has 0 saturated carbocycles. The van der Waals surface area contributed by atoms with E-state index in [1.807, 2.05) is 54.8 Å². The van der Waals surface area contributed by atoms with Crippen LogP contribution in [0.3, 0.4) is 0 Å². The number of pyridine rings is 1. The monoisotopic (exact) mass is 336 g/mol. The van der Waals surface area contributed by atoms with Crippen molar-refractivity contribution in [3.05, 3.63) is 96.0 Å². The lowest BCUT2D eigenvalue weighted by Crippen LogP contribution is -1.97. The van der Waals surface area contributed by atoms with E-state index in [9.17, 15) is 0 Å². The summed E-state index contributed by atoms with van der Waals surface area (Å²) in [6, 6.07) is 15.9. The van der Waals surface area contributed by atoms with E-state index in [0.717, 1.165) is 23.2 Å². The summed E-state index contributed by atoms with van der Waals surface area (Å²) >= 11 is 0. The van der Waals surface area contributed by atoms with Crippen molar-refractivity contribution in [3.63, 3.8) is 0 Å². The molecule has 3 aromatic rings. The van der Waals surface area contributed by atoms with Crippen LogP contribution in [0.1, 0.15) is 11.1 Å². The Morgan fingerprint density at radius 1 is 1.04 bits per heavy atom. The molecule has 124 valence electrons. The maximum atomic E-state index is 8.70. The van der Waals surface area contributed by atoms with Gasteiger partial charge in [0.1, 0.15) is 17.7 Å². The molecule has 0 aliphatic carbocycles. The van der Waals surface area contributed by atoms with Crippen molar-refractivity contribution in [1.29, 1.82) is 10.5 Å². The van der Waals surface area contributed by atoms with Crippen LogP contribution in [-0.2, 0) is 6.54 Å². The van der Waals surface area contributed by atoms with Crippen LogP contribution in [0.4, 0.5) is 0 Å². The molecule has 0 saturated heterocycles. The number of benzene rings is 1. The second-order valence-corrected chi connectivity index (χ2v) is 5.64. The Bertz CT molecular complexity index is 1050. The number of hydrogen-bond donors (Lipinski definition) is 0. The van der Waals surface area contributed by atoms with Crippen LogP contribution >= 0.6 is 0 Å². The third-order valence-electron chi connectivity index (χ3n) is 3.90. The molecule has 0 radical (unpaired) electrons. The number of aromatic nitrogens is 2. The summed E-state index contributed by atoms with van der Waals surface area (Å²) in [4.78, 5) is 4.18. The predicted molar refractivity (Wildman–Crippen MR) is 103 cm³/mol. The zero-order valence-corrected chi connectivity index (χ0v) is 14.1. The van der Waals surface area contributed by atoms with Crippen LogP contribution in [0.5, 0.6) is 0 Å². The largest absolute Gasteiger partial charge is 0.342 e. The number of para-hydroxylation sites is 1. The van der Waals surface area contributed by atoms with Crippen molar-refractivity contribution in [3.8, 4) is 12.1 Å². The lowest BCUT2D eigenvalue weighted by molar-refractivity contribution is 0.831. The van der Waals surface area contributed by atoms with Gasteiger partial charge in [-0.2, -0.15) is 10.5 Å². The fraction of sp³-hybridized carbons (Fsp3) is 0.0455. The summed E-state index contributed by atoms with van der Waals surface area (Å²) < 4.78 is 2.21. The molecule has 2 heterocycles. The van der Waals surface area contributed by atoms with Crippen molar-refractivity contribution in [2.45, 2.75) is 6.54 Å². The van der Waals surface area contributed by atoms with Gasteiger partial charge in [0.25, 0.3) is 0 Å². The molecule has 0 bridgehead atoms. The third-order valence-corrected chi connectivity index (χ3v) is 3.90. The summed E-state index contributed by atoms with van der Waals surface area (Å²) in [5, 5.41) is 18.6. The molecule has 0 aliphatic rings. The van der Waals surface area contributed by atoms with Crippen LogP contribution in [0.15, 0.2) is 84.9 Å². The van der Waals surface area contributed by atoms with Crippen LogP contribution in [0.2, 0.25) is 0 Å². The first-order valence-corrected chi connectivity index (χ1v) is 8.14. The van der Waals surface area contributed by atoms with E-state index < -0.39 is 0 Å². The Labute approximate surface area is 152 Å². The first-order valence-electron chi connectivity index (χ1n) is 8.14. The molecular formula is C22H16N4. The highest BCUT2D eigenvalue weighted by Crippen LogP contribution is 2.23. The maximum absolute atomic E-state index is 8.70. The van der Waals surface area contributed by atoms with Gasteiger partial charge >= 0.3 is 0 Å². The van der Waals surface area contributed by atoms with Gasteiger partial charge in [0.05, 0.1) is 0 Å². The fourth-order valence-electron chi connectivity index (χ4n) is 2.70. The third kappa shape index (κ3) is 3.95. The highest BCUT2D eigenvalue weighted by atomic mass is 15.0. The number of fused-ring (bicyclic) bond motifs is 1. The Morgan fingerprint density at radius 3 is 2.65 bits per heavy atom. The van der Waals surface area contributed by atoms with Gasteiger partial charge in [-0.25, -0.2) is 0 Å². The van der Waals surface area contributed by atoms with Gasteiger partial charge in [-0.1, -0.05) is 48.6 Å². The fourth-order valence-corrected chi connectivity index (χ4v) is 2.70. The van der Waals surface area contributed by atoms with Crippen LogP contribution in [0.25, 0.3) is 17.0 Å². The van der Waals surface area contributed by atoms with Gasteiger partial charge in [0, 0.05) is 36.0 Å². The van der Waals surface area contributed by atoms with E-state index in [-0.39, 0.29) is 5.57 Å². The highest BCUT2D eigenvalue weighted by molar-refractivity contribution is 5.89. The summed E-state index contributed by atoms with van der Waals surface area (Å²) in [7, 11) is 0. The van der Waals surface area contributed by atoms with Gasteiger partial charge in [-0.15, -0.1) is 0 Å². The molecule has 4 heteroatoms. The number of rotatable bonds is 5. The van der Waals surface area contributed by atoms with Crippen LogP contribution < -0.4 is 0 Å². The molecule has 0 amide bonds. The van der Waals surface area contributed by atoms with Crippen LogP contribution in [0, 0.1) is 22.7 Å². The zero-order valence-electron chi connectivity index (χ0n) is 14.1. The quantitative estimate of drug-likeness (QED) is 0.504. The molecule has 0 aliphatic heterocycles. The number of nitrogens with zero attached hydrogens (tertiary/aromatic N) is 4. The smallest absolute Gasteiger partial charge is 0.129 e. The molecule has 4 nitrogen and oxygen atoms in total. The van der Waals surface area contributed by atoms with Gasteiger partial charge in [0.15, 0.2) is 0 Å². The Balaban J connectivity index is 1.87. The molecular weight excluding hydrogens is 320 g/mol. The average molecular weight is 336 g/mol. The van der Waals surface area contributed by atoms with Gasteiger partial charge in [-0.05, 0) is 29.3 Å². The number of allylic oxidation sites excluding steroid dienone is 5. The van der Waals surface area contributed by atoms with E-state index >= 15 is 0 Å². The van der Waals surface area contributed by atoms with Gasteiger partial charge < -0.3 is 4.57 Å². The van der Waals surface area contributed by atoms with E-state index in [1.54, 1.807) is 12.3 Å². The topological polar surface area (TPSA) is 65.4 Å². The molecule has 26 heavy (non-hydrogen) atoms. The summed E-state index contributed by atoms with van der Waals surface area (Å²) in [6.45, 7) is 0.758. The summed E-state index contributed by atoms with van der Waals surface area (Å²) in [6.07, 6.45) is 14.7. The molecule has 0 N–H and O–H groups in total. The highest BCUT2D eigenvalue weighted by Gasteiger charge is 2.06. The Kier molecular flexibility index (Phi) is 5.40. The van der Waals surface area contributed by atoms with Gasteiger partial charge in [-0.3, -0.25) is 4.98 Å². The van der Waals surface area contributed by atoms with Crippen molar-refractivity contribution in [2.24, 2.45) is 0 Å². The molecule has 1 aromatic carbocycles. The van der Waals surface area contributed by atoms with Crippen molar-refractivity contribution in [2.75, 3.05) is 0 Å². The Morgan fingerprint density at radius 2 is 1.88 bits per heavy atom. The lowest BCUT2D eigenvalue weighted by Gasteiger charge is -2.04. The summed E-state index contributed by atoms with van der Waals surface area (Å²) in [5.74, 6) is 0.